The topological polar surface area (TPSA) is 79.1 Å². The van der Waals surface area contributed by atoms with E-state index in [1.807, 2.05) is 0 Å². The van der Waals surface area contributed by atoms with E-state index in [2.05, 4.69) is 0 Å². The number of halogens is 1. The Hall–Kier alpha value is -2.26. The van der Waals surface area contributed by atoms with Gasteiger partial charge in [-0.1, -0.05) is 12.2 Å². The highest BCUT2D eigenvalue weighted by molar-refractivity contribution is 7.80. The zero-order chi connectivity index (χ0) is 18.3. The number of carbonyl (C=O) groups excluding carboxylic acids is 2. The number of urea groups is 1. The number of likely N-dealkylation sites (N-methyl/N-ethyl adjacent to an activating group) is 1. The van der Waals surface area contributed by atoms with Gasteiger partial charge in [0.15, 0.2) is 0 Å². The van der Waals surface area contributed by atoms with Gasteiger partial charge < -0.3 is 15.4 Å². The molecule has 2 fully saturated rings. The highest BCUT2D eigenvalue weighted by atomic mass is 32.1. The van der Waals surface area contributed by atoms with E-state index in [1.54, 1.807) is 20.0 Å². The summed E-state index contributed by atoms with van der Waals surface area (Å²) in [5.41, 5.74) is 6.46. The molecule has 3 rings (SSSR count). The summed E-state index contributed by atoms with van der Waals surface area (Å²) in [6.07, 6.45) is -1.16. The van der Waals surface area contributed by atoms with Crippen LogP contribution in [0.2, 0.25) is 0 Å². The molecule has 0 aromatic heterocycles. The number of thiocarbonyl (C=S) groups is 1. The Morgan fingerprint density at radius 2 is 2.08 bits per heavy atom. The number of anilines is 2. The lowest BCUT2D eigenvalue weighted by Crippen LogP contribution is -2.42. The maximum absolute atomic E-state index is 14.5. The summed E-state index contributed by atoms with van der Waals surface area (Å²) >= 11 is 5.03. The van der Waals surface area contributed by atoms with Crippen molar-refractivity contribution in [3.63, 3.8) is 0 Å². The number of carbonyl (C=O) groups is 2. The second kappa shape index (κ2) is 6.57. The number of nitrogens with two attached hydrogens (primary N) is 1. The largest absolute Gasteiger partial charge is 0.442 e. The number of amides is 3. The van der Waals surface area contributed by atoms with E-state index in [4.69, 9.17) is 22.7 Å². The molecule has 0 bridgehead atoms. The van der Waals surface area contributed by atoms with Crippen LogP contribution >= 0.6 is 12.2 Å². The van der Waals surface area contributed by atoms with Gasteiger partial charge in [-0.2, -0.15) is 0 Å². The van der Waals surface area contributed by atoms with Gasteiger partial charge in [0.25, 0.3) is 0 Å². The van der Waals surface area contributed by atoms with Crippen molar-refractivity contribution in [2.45, 2.75) is 19.1 Å². The molecule has 2 aliphatic rings. The van der Waals surface area contributed by atoms with E-state index in [9.17, 15) is 14.0 Å². The van der Waals surface area contributed by atoms with Gasteiger partial charge in [0, 0.05) is 25.0 Å². The molecular formula is C16H19FN4O3S. The Labute approximate surface area is 150 Å². The average Bonchev–Trinajstić information content (AvgIpc) is 3.10. The maximum atomic E-state index is 14.5. The lowest BCUT2D eigenvalue weighted by Gasteiger charge is -2.19. The van der Waals surface area contributed by atoms with Gasteiger partial charge in [0.1, 0.15) is 11.9 Å². The normalized spacial score (nSPS) is 21.8. The Kier molecular flexibility index (Phi) is 4.61. The highest BCUT2D eigenvalue weighted by Crippen LogP contribution is 2.30. The van der Waals surface area contributed by atoms with Crippen molar-refractivity contribution in [2.24, 2.45) is 5.73 Å². The van der Waals surface area contributed by atoms with Crippen LogP contribution in [0.15, 0.2) is 18.2 Å². The monoisotopic (exact) mass is 366 g/mol. The van der Waals surface area contributed by atoms with Crippen LogP contribution in [0.4, 0.5) is 25.4 Å². The van der Waals surface area contributed by atoms with Gasteiger partial charge in [0.05, 0.1) is 24.0 Å². The second-order valence-corrected chi connectivity index (χ2v) is 6.80. The number of hydrogen-bond acceptors (Lipinski definition) is 5. The van der Waals surface area contributed by atoms with Gasteiger partial charge >= 0.3 is 12.1 Å². The third-order valence-corrected chi connectivity index (χ3v) is 4.73. The van der Waals surface area contributed by atoms with Gasteiger partial charge in [-0.05, 0) is 25.1 Å². The molecule has 0 saturated carbocycles. The zero-order valence-electron chi connectivity index (χ0n) is 13.9. The molecule has 7 nitrogen and oxygen atoms in total. The third-order valence-electron chi connectivity index (χ3n) is 4.46. The third kappa shape index (κ3) is 3.16. The predicted molar refractivity (Wildman–Crippen MR) is 95.6 cm³/mol. The first-order valence-electron chi connectivity index (χ1n) is 7.86. The average molecular weight is 366 g/mol. The van der Waals surface area contributed by atoms with E-state index in [1.165, 1.54) is 26.8 Å². The molecule has 0 spiro atoms. The molecule has 2 N–H and O–H groups in total. The van der Waals surface area contributed by atoms with Crippen LogP contribution in [-0.4, -0.2) is 60.7 Å². The van der Waals surface area contributed by atoms with E-state index < -0.39 is 24.1 Å². The molecular weight excluding hydrogens is 347 g/mol. The summed E-state index contributed by atoms with van der Waals surface area (Å²) in [4.78, 5) is 28.8. The molecule has 1 unspecified atom stereocenters. The molecule has 0 radical (unpaired) electrons. The number of ether oxygens (including phenoxy) is 1. The predicted octanol–water partition coefficient (Wildman–Crippen LogP) is 1.74. The molecule has 2 aliphatic heterocycles. The smallest absolute Gasteiger partial charge is 0.414 e. The zero-order valence-corrected chi connectivity index (χ0v) is 14.8. The Bertz CT molecular complexity index is 744. The number of hydrogen-bond donors (Lipinski definition) is 1. The minimum atomic E-state index is -0.596. The van der Waals surface area contributed by atoms with Gasteiger partial charge in [-0.15, -0.1) is 0 Å². The number of rotatable bonds is 4. The SMILES string of the molecule is CC(=S)C(N)[C@@H]1CN(c2ccc(N3CCN(C)C3=O)c(F)c2)C(=O)O1. The van der Waals surface area contributed by atoms with Crippen LogP contribution in [0.1, 0.15) is 6.92 Å². The van der Waals surface area contributed by atoms with Crippen molar-refractivity contribution in [1.29, 1.82) is 0 Å². The maximum Gasteiger partial charge on any atom is 0.414 e. The molecule has 134 valence electrons. The minimum Gasteiger partial charge on any atom is -0.442 e. The summed E-state index contributed by atoms with van der Waals surface area (Å²) in [5.74, 6) is -0.576. The quantitative estimate of drug-likeness (QED) is 0.821. The van der Waals surface area contributed by atoms with Crippen molar-refractivity contribution in [3.8, 4) is 0 Å². The summed E-state index contributed by atoms with van der Waals surface area (Å²) in [6, 6.07) is 3.50. The van der Waals surface area contributed by atoms with E-state index in [0.29, 0.717) is 23.6 Å². The van der Waals surface area contributed by atoms with Crippen molar-refractivity contribution >= 4 is 40.6 Å². The van der Waals surface area contributed by atoms with Crippen molar-refractivity contribution in [2.75, 3.05) is 36.5 Å². The molecule has 3 amide bonds. The molecule has 2 atom stereocenters. The first kappa shape index (κ1) is 17.6. The van der Waals surface area contributed by atoms with Crippen molar-refractivity contribution in [1.82, 2.24) is 4.90 Å². The van der Waals surface area contributed by atoms with Gasteiger partial charge in [-0.3, -0.25) is 9.80 Å². The van der Waals surface area contributed by atoms with Crippen LogP contribution in [0.3, 0.4) is 0 Å². The molecule has 9 heteroatoms. The molecule has 2 heterocycles. The fourth-order valence-electron chi connectivity index (χ4n) is 2.90. The van der Waals surface area contributed by atoms with Crippen molar-refractivity contribution < 1.29 is 18.7 Å². The first-order chi connectivity index (χ1) is 11.8. The van der Waals surface area contributed by atoms with Crippen LogP contribution in [-0.2, 0) is 4.74 Å². The summed E-state index contributed by atoms with van der Waals surface area (Å²) in [5, 5.41) is 0. The van der Waals surface area contributed by atoms with Crippen LogP contribution in [0.25, 0.3) is 0 Å². The van der Waals surface area contributed by atoms with Gasteiger partial charge in [-0.25, -0.2) is 14.0 Å². The molecule has 1 aromatic carbocycles. The summed E-state index contributed by atoms with van der Waals surface area (Å²) < 4.78 is 19.8. The summed E-state index contributed by atoms with van der Waals surface area (Å²) in [6.45, 7) is 2.84. The fraction of sp³-hybridized carbons (Fsp3) is 0.438. The standard InChI is InChI=1S/C16H19FN4O3S/c1-9(25)14(18)13-8-21(16(23)24-13)10-3-4-12(11(17)7-10)20-6-5-19(2)15(20)22/h3-4,7,13-14H,5-6,8,18H2,1-2H3/t13-,14?/m0/s1. The molecule has 1 aromatic rings. The Balaban J connectivity index is 1.80. The minimum absolute atomic E-state index is 0.189. The van der Waals surface area contributed by atoms with E-state index in [0.717, 1.165) is 0 Å². The van der Waals surface area contributed by atoms with E-state index in [-0.39, 0.29) is 18.3 Å². The fourth-order valence-corrected chi connectivity index (χ4v) is 3.05. The molecule has 0 aliphatic carbocycles. The summed E-state index contributed by atoms with van der Waals surface area (Å²) in [7, 11) is 1.66. The Morgan fingerprint density at radius 1 is 1.36 bits per heavy atom. The van der Waals surface area contributed by atoms with E-state index >= 15 is 0 Å². The van der Waals surface area contributed by atoms with Crippen LogP contribution in [0, 0.1) is 5.82 Å². The lowest BCUT2D eigenvalue weighted by molar-refractivity contribution is 0.138. The van der Waals surface area contributed by atoms with Crippen LogP contribution < -0.4 is 15.5 Å². The number of nitrogens with zero attached hydrogens (tertiary/aromatic N) is 3. The highest BCUT2D eigenvalue weighted by Gasteiger charge is 2.37. The first-order valence-corrected chi connectivity index (χ1v) is 8.26. The van der Waals surface area contributed by atoms with Crippen LogP contribution in [0.5, 0.6) is 0 Å². The Morgan fingerprint density at radius 3 is 2.64 bits per heavy atom. The lowest BCUT2D eigenvalue weighted by atomic mass is 10.1. The molecule has 25 heavy (non-hydrogen) atoms. The second-order valence-electron chi connectivity index (χ2n) is 6.16. The molecule has 2 saturated heterocycles. The van der Waals surface area contributed by atoms with Crippen molar-refractivity contribution in [3.05, 3.63) is 24.0 Å². The number of benzene rings is 1. The number of cyclic esters (lactones) is 1. The van der Waals surface area contributed by atoms with Gasteiger partial charge in [0.2, 0.25) is 0 Å².